The normalized spacial score (nSPS) is 16.6. The van der Waals surface area contributed by atoms with E-state index < -0.39 is 45.6 Å². The van der Waals surface area contributed by atoms with Gasteiger partial charge in [0.05, 0.1) is 0 Å². The first-order chi connectivity index (χ1) is 16.3. The van der Waals surface area contributed by atoms with Gasteiger partial charge in [-0.15, -0.1) is 13.2 Å². The first-order valence-corrected chi connectivity index (χ1v) is 12.2. The number of aryl methyl sites for hydroxylation is 1. The first kappa shape index (κ1) is 28.9. The maximum Gasteiger partial charge on any atom is 0.453 e. The maximum atomic E-state index is 13.4. The summed E-state index contributed by atoms with van der Waals surface area (Å²) in [5.41, 5.74) is 2.22. The van der Waals surface area contributed by atoms with Crippen LogP contribution in [0.25, 0.3) is 0 Å². The molecule has 1 aliphatic heterocycles. The topological polar surface area (TPSA) is 99.6 Å². The Morgan fingerprint density at radius 3 is 2.14 bits per heavy atom. The largest absolute Gasteiger partial charge is 0.453 e. The van der Waals surface area contributed by atoms with Crippen LogP contribution in [-0.2, 0) is 21.2 Å². The highest BCUT2D eigenvalue weighted by Gasteiger charge is 2.56. The van der Waals surface area contributed by atoms with E-state index in [0.29, 0.717) is 18.5 Å². The molecular formula is C22H28F5N3O4S. The standard InChI is InChI=1S/C22H28F5N3O4S/c1-3-10-20(11-4-2,19(31)29-32)35(33,34)30-13-8-17(9-14-30)18-6-5-16(15-28-18)7-12-21(23,24)22(25,26)27/h3-6,15,17,32H,1-2,7-14H2,(H,29,31). The van der Waals surface area contributed by atoms with Crippen molar-refractivity contribution in [3.8, 4) is 0 Å². The van der Waals surface area contributed by atoms with Crippen molar-refractivity contribution >= 4 is 15.9 Å². The first-order valence-electron chi connectivity index (χ1n) is 10.8. The average molecular weight is 526 g/mol. The van der Waals surface area contributed by atoms with E-state index in [1.165, 1.54) is 40.3 Å². The van der Waals surface area contributed by atoms with Crippen LogP contribution in [0.4, 0.5) is 22.0 Å². The van der Waals surface area contributed by atoms with Gasteiger partial charge in [0, 0.05) is 37.3 Å². The van der Waals surface area contributed by atoms with Crippen LogP contribution in [0.5, 0.6) is 0 Å². The number of hydroxylamine groups is 1. The van der Waals surface area contributed by atoms with Gasteiger partial charge in [-0.25, -0.2) is 18.2 Å². The number of aromatic nitrogens is 1. The molecule has 0 spiro atoms. The maximum absolute atomic E-state index is 13.4. The molecule has 0 unspecified atom stereocenters. The van der Waals surface area contributed by atoms with E-state index in [9.17, 15) is 35.2 Å². The second-order valence-electron chi connectivity index (χ2n) is 8.39. The molecule has 1 aliphatic rings. The number of carbonyl (C=O) groups is 1. The van der Waals surface area contributed by atoms with Gasteiger partial charge in [0.15, 0.2) is 4.75 Å². The Morgan fingerprint density at radius 1 is 1.14 bits per heavy atom. The van der Waals surface area contributed by atoms with Crippen LogP contribution < -0.4 is 5.48 Å². The Balaban J connectivity index is 2.10. The summed E-state index contributed by atoms with van der Waals surface area (Å²) in [4.78, 5) is 16.6. The van der Waals surface area contributed by atoms with Gasteiger partial charge in [0.25, 0.3) is 5.91 Å². The van der Waals surface area contributed by atoms with Gasteiger partial charge in [-0.1, -0.05) is 18.2 Å². The number of hydrogen-bond donors (Lipinski definition) is 2. The minimum Gasteiger partial charge on any atom is -0.289 e. The molecule has 35 heavy (non-hydrogen) atoms. The van der Waals surface area contributed by atoms with E-state index in [4.69, 9.17) is 5.21 Å². The number of amides is 1. The van der Waals surface area contributed by atoms with Crippen molar-refractivity contribution in [2.45, 2.75) is 61.3 Å². The van der Waals surface area contributed by atoms with Crippen LogP contribution in [0.3, 0.4) is 0 Å². The fourth-order valence-corrected chi connectivity index (χ4v) is 6.19. The summed E-state index contributed by atoms with van der Waals surface area (Å²) in [6.07, 6.45) is -3.50. The van der Waals surface area contributed by atoms with Crippen molar-refractivity contribution in [1.82, 2.24) is 14.8 Å². The second-order valence-corrected chi connectivity index (χ2v) is 10.6. The molecule has 0 saturated carbocycles. The van der Waals surface area contributed by atoms with Gasteiger partial charge in [0.2, 0.25) is 10.0 Å². The number of allylic oxidation sites excluding steroid dienone is 2. The summed E-state index contributed by atoms with van der Waals surface area (Å²) in [5, 5.41) is 9.16. The molecule has 0 atom stereocenters. The lowest BCUT2D eigenvalue weighted by Gasteiger charge is -2.38. The third kappa shape index (κ3) is 6.07. The fourth-order valence-electron chi connectivity index (χ4n) is 4.07. The summed E-state index contributed by atoms with van der Waals surface area (Å²) in [7, 11) is -4.23. The zero-order chi connectivity index (χ0) is 26.5. The highest BCUT2D eigenvalue weighted by molar-refractivity contribution is 7.91. The minimum atomic E-state index is -5.61. The number of nitrogens with one attached hydrogen (secondary N) is 1. The Hall–Kier alpha value is -2.38. The van der Waals surface area contributed by atoms with E-state index in [-0.39, 0.29) is 37.4 Å². The predicted molar refractivity (Wildman–Crippen MR) is 118 cm³/mol. The van der Waals surface area contributed by atoms with E-state index in [1.807, 2.05) is 0 Å². The van der Waals surface area contributed by atoms with Gasteiger partial charge in [-0.2, -0.15) is 22.0 Å². The highest BCUT2D eigenvalue weighted by atomic mass is 32.2. The Kier molecular flexibility index (Phi) is 9.17. The quantitative estimate of drug-likeness (QED) is 0.196. The van der Waals surface area contributed by atoms with E-state index in [1.54, 1.807) is 0 Å². The van der Waals surface area contributed by atoms with Crippen molar-refractivity contribution in [2.24, 2.45) is 0 Å². The molecular weight excluding hydrogens is 497 g/mol. The Labute approximate surface area is 200 Å². The lowest BCUT2D eigenvalue weighted by molar-refractivity contribution is -0.284. The zero-order valence-corrected chi connectivity index (χ0v) is 19.7. The number of alkyl halides is 5. The second kappa shape index (κ2) is 11.1. The number of piperidine rings is 1. The molecule has 1 saturated heterocycles. The molecule has 1 aromatic rings. The Bertz CT molecular complexity index is 995. The smallest absolute Gasteiger partial charge is 0.289 e. The van der Waals surface area contributed by atoms with Crippen molar-refractivity contribution in [1.29, 1.82) is 0 Å². The fraction of sp³-hybridized carbons (Fsp3) is 0.545. The number of rotatable bonds is 11. The predicted octanol–water partition coefficient (Wildman–Crippen LogP) is 4.12. The van der Waals surface area contributed by atoms with Crippen LogP contribution in [0, 0.1) is 0 Å². The lowest BCUT2D eigenvalue weighted by Crippen LogP contribution is -2.57. The van der Waals surface area contributed by atoms with Crippen LogP contribution >= 0.6 is 0 Å². The van der Waals surface area contributed by atoms with Crippen LogP contribution in [0.2, 0.25) is 0 Å². The molecule has 2 heterocycles. The third-order valence-electron chi connectivity index (χ3n) is 6.16. The molecule has 2 N–H and O–H groups in total. The number of carbonyl (C=O) groups excluding carboxylic acids is 1. The van der Waals surface area contributed by atoms with Crippen LogP contribution in [0.15, 0.2) is 43.6 Å². The number of pyridine rings is 1. The molecule has 1 aromatic heterocycles. The number of sulfonamides is 1. The number of hydrogen-bond acceptors (Lipinski definition) is 5. The molecule has 0 aromatic carbocycles. The number of halogens is 5. The third-order valence-corrected chi connectivity index (χ3v) is 8.71. The summed E-state index contributed by atoms with van der Waals surface area (Å²) >= 11 is 0. The monoisotopic (exact) mass is 525 g/mol. The van der Waals surface area contributed by atoms with Crippen molar-refractivity contribution in [3.63, 3.8) is 0 Å². The van der Waals surface area contributed by atoms with Crippen molar-refractivity contribution < 1.29 is 40.4 Å². The van der Waals surface area contributed by atoms with E-state index in [0.717, 1.165) is 0 Å². The number of nitrogens with zero attached hydrogens (tertiary/aromatic N) is 2. The molecule has 1 amide bonds. The summed E-state index contributed by atoms with van der Waals surface area (Å²) in [6.45, 7) is 7.15. The molecule has 196 valence electrons. The molecule has 1 fully saturated rings. The molecule has 0 radical (unpaired) electrons. The molecule has 7 nitrogen and oxygen atoms in total. The van der Waals surface area contributed by atoms with Crippen LogP contribution in [-0.4, -0.2) is 58.8 Å². The van der Waals surface area contributed by atoms with Gasteiger partial charge < -0.3 is 0 Å². The Morgan fingerprint density at radius 2 is 1.71 bits per heavy atom. The summed E-state index contributed by atoms with van der Waals surface area (Å²) < 4.78 is 89.2. The zero-order valence-electron chi connectivity index (χ0n) is 18.9. The molecule has 13 heteroatoms. The summed E-state index contributed by atoms with van der Waals surface area (Å²) in [6, 6.07) is 2.97. The molecule has 2 rings (SSSR count). The molecule has 0 aliphatic carbocycles. The SMILES string of the molecule is C=CCC(CC=C)(C(=O)NO)S(=O)(=O)N1CCC(c2ccc(CCC(F)(F)C(F)(F)F)cn2)CC1. The van der Waals surface area contributed by atoms with Gasteiger partial charge >= 0.3 is 12.1 Å². The average Bonchev–Trinajstić information content (AvgIpc) is 2.81. The van der Waals surface area contributed by atoms with Crippen LogP contribution in [0.1, 0.15) is 49.3 Å². The van der Waals surface area contributed by atoms with Gasteiger partial charge in [0.1, 0.15) is 0 Å². The highest BCUT2D eigenvalue weighted by Crippen LogP contribution is 2.39. The van der Waals surface area contributed by atoms with E-state index >= 15 is 0 Å². The van der Waals surface area contributed by atoms with Gasteiger partial charge in [-0.3, -0.25) is 15.0 Å². The van der Waals surface area contributed by atoms with Gasteiger partial charge in [-0.05, 0) is 43.7 Å². The van der Waals surface area contributed by atoms with Crippen molar-refractivity contribution in [2.75, 3.05) is 13.1 Å². The molecule has 0 bridgehead atoms. The van der Waals surface area contributed by atoms with E-state index in [2.05, 4.69) is 18.1 Å². The summed E-state index contributed by atoms with van der Waals surface area (Å²) in [5.74, 6) is -6.05. The minimum absolute atomic E-state index is 0.0585. The van der Waals surface area contributed by atoms with Crippen molar-refractivity contribution in [3.05, 3.63) is 54.9 Å². The lowest BCUT2D eigenvalue weighted by atomic mass is 9.93.